The van der Waals surface area contributed by atoms with Gasteiger partial charge in [0.15, 0.2) is 0 Å². The van der Waals surface area contributed by atoms with E-state index in [2.05, 4.69) is 34.5 Å². The van der Waals surface area contributed by atoms with Crippen LogP contribution in [0.25, 0.3) is 0 Å². The van der Waals surface area contributed by atoms with Gasteiger partial charge in [0, 0.05) is 24.4 Å². The molecule has 0 aromatic heterocycles. The Morgan fingerprint density at radius 2 is 2.27 bits per heavy atom. The molecule has 1 aromatic rings. The summed E-state index contributed by atoms with van der Waals surface area (Å²) in [5.74, 6) is 1.32. The fourth-order valence-electron chi connectivity index (χ4n) is 4.86. The van der Waals surface area contributed by atoms with E-state index >= 15 is 0 Å². The molecule has 3 nitrogen and oxygen atoms in total. The van der Waals surface area contributed by atoms with Crippen LogP contribution < -0.4 is 5.32 Å². The summed E-state index contributed by atoms with van der Waals surface area (Å²) in [7, 11) is 2.00. The highest BCUT2D eigenvalue weighted by molar-refractivity contribution is 5.85. The van der Waals surface area contributed by atoms with Crippen molar-refractivity contribution in [3.63, 3.8) is 0 Å². The highest BCUT2D eigenvalue weighted by Crippen LogP contribution is 2.61. The molecule has 1 aliphatic heterocycles. The van der Waals surface area contributed by atoms with Crippen LogP contribution in [0.2, 0.25) is 0 Å². The second-order valence-electron chi connectivity index (χ2n) is 7.42. The first-order chi connectivity index (χ1) is 10.7. The van der Waals surface area contributed by atoms with Gasteiger partial charge in [0.1, 0.15) is 0 Å². The lowest BCUT2D eigenvalue weighted by atomic mass is 9.78. The zero-order valence-electron chi connectivity index (χ0n) is 13.5. The maximum atomic E-state index is 12.9. The largest absolute Gasteiger partial charge is 0.342 e. The van der Waals surface area contributed by atoms with Crippen LogP contribution in [0.15, 0.2) is 24.3 Å². The van der Waals surface area contributed by atoms with Crippen molar-refractivity contribution in [2.45, 2.75) is 37.5 Å². The van der Waals surface area contributed by atoms with Crippen molar-refractivity contribution in [3.05, 3.63) is 35.4 Å². The number of fused-ring (bicyclic) bond motifs is 2. The molecule has 2 fully saturated rings. The first-order valence-electron chi connectivity index (χ1n) is 8.76. The summed E-state index contributed by atoms with van der Waals surface area (Å²) in [6.07, 6.45) is 5.86. The molecular weight excluding hydrogens is 272 g/mol. The van der Waals surface area contributed by atoms with E-state index in [0.717, 1.165) is 32.5 Å². The Hall–Kier alpha value is -1.35. The minimum atomic E-state index is 0.188. The van der Waals surface area contributed by atoms with Gasteiger partial charge in [0.25, 0.3) is 0 Å². The molecule has 0 bridgehead atoms. The van der Waals surface area contributed by atoms with Crippen LogP contribution in [0.5, 0.6) is 0 Å². The van der Waals surface area contributed by atoms with Crippen molar-refractivity contribution >= 4 is 5.91 Å². The molecule has 2 aliphatic carbocycles. The Kier molecular flexibility index (Phi) is 3.48. The maximum Gasteiger partial charge on any atom is 0.226 e. The summed E-state index contributed by atoms with van der Waals surface area (Å²) in [6.45, 7) is 2.94. The first kappa shape index (κ1) is 14.3. The van der Waals surface area contributed by atoms with Gasteiger partial charge in [-0.25, -0.2) is 0 Å². The van der Waals surface area contributed by atoms with Crippen molar-refractivity contribution in [1.82, 2.24) is 10.2 Å². The third kappa shape index (κ3) is 2.18. The van der Waals surface area contributed by atoms with Crippen LogP contribution in [-0.4, -0.2) is 37.5 Å². The molecule has 3 unspecified atom stereocenters. The van der Waals surface area contributed by atoms with Crippen molar-refractivity contribution in [3.8, 4) is 0 Å². The van der Waals surface area contributed by atoms with E-state index in [-0.39, 0.29) is 11.3 Å². The fraction of sp³-hybridized carbons (Fsp3) is 0.632. The number of likely N-dealkylation sites (tertiary alicyclic amines) is 1. The molecule has 1 saturated heterocycles. The van der Waals surface area contributed by atoms with E-state index in [1.807, 2.05) is 7.05 Å². The number of nitrogens with zero attached hydrogens (tertiary/aromatic N) is 1. The van der Waals surface area contributed by atoms with E-state index in [4.69, 9.17) is 0 Å². The number of amides is 1. The molecule has 118 valence electrons. The van der Waals surface area contributed by atoms with E-state index in [1.165, 1.54) is 30.4 Å². The Morgan fingerprint density at radius 1 is 1.41 bits per heavy atom. The molecule has 1 saturated carbocycles. The smallest absolute Gasteiger partial charge is 0.226 e. The van der Waals surface area contributed by atoms with Gasteiger partial charge in [0.05, 0.1) is 0 Å². The highest BCUT2D eigenvalue weighted by atomic mass is 16.2. The number of hydrogen-bond donors (Lipinski definition) is 1. The van der Waals surface area contributed by atoms with Gasteiger partial charge < -0.3 is 10.2 Å². The summed E-state index contributed by atoms with van der Waals surface area (Å²) in [5.41, 5.74) is 3.15. The zero-order valence-corrected chi connectivity index (χ0v) is 13.5. The lowest BCUT2D eigenvalue weighted by molar-refractivity contribution is -0.132. The Bertz CT molecular complexity index is 585. The minimum Gasteiger partial charge on any atom is -0.342 e. The molecule has 0 radical (unpaired) electrons. The van der Waals surface area contributed by atoms with Crippen molar-refractivity contribution in [2.75, 3.05) is 26.7 Å². The Morgan fingerprint density at radius 3 is 3.14 bits per heavy atom. The number of benzene rings is 1. The van der Waals surface area contributed by atoms with Crippen LogP contribution in [0.3, 0.4) is 0 Å². The summed E-state index contributed by atoms with van der Waals surface area (Å²) < 4.78 is 0. The van der Waals surface area contributed by atoms with Crippen LogP contribution in [-0.2, 0) is 16.6 Å². The van der Waals surface area contributed by atoms with Crippen LogP contribution in [0.4, 0.5) is 0 Å². The maximum absolute atomic E-state index is 12.9. The van der Waals surface area contributed by atoms with Gasteiger partial charge in [-0.15, -0.1) is 0 Å². The predicted octanol–water partition coefficient (Wildman–Crippen LogP) is 2.35. The second-order valence-corrected chi connectivity index (χ2v) is 7.42. The SMILES string of the molecule is CNCC1CCN(C(=O)C2CC23CCCc2ccccc23)C1. The summed E-state index contributed by atoms with van der Waals surface area (Å²) in [5, 5.41) is 3.25. The van der Waals surface area contributed by atoms with Gasteiger partial charge in [-0.2, -0.15) is 0 Å². The van der Waals surface area contributed by atoms with Gasteiger partial charge in [-0.1, -0.05) is 24.3 Å². The Balaban J connectivity index is 1.50. The third-order valence-corrected chi connectivity index (χ3v) is 6.09. The average molecular weight is 298 g/mol. The molecule has 1 N–H and O–H groups in total. The number of carbonyl (C=O) groups is 1. The summed E-state index contributed by atoms with van der Waals surface area (Å²) in [4.78, 5) is 15.1. The van der Waals surface area contributed by atoms with E-state index in [0.29, 0.717) is 11.8 Å². The molecule has 1 aromatic carbocycles. The lowest BCUT2D eigenvalue weighted by Gasteiger charge is -2.27. The van der Waals surface area contributed by atoms with Gasteiger partial charge >= 0.3 is 0 Å². The molecule has 3 heteroatoms. The third-order valence-electron chi connectivity index (χ3n) is 6.09. The summed E-state index contributed by atoms with van der Waals surface area (Å²) in [6, 6.07) is 8.81. The normalized spacial score (nSPS) is 33.0. The standard InChI is InChI=1S/C19H26N2O/c1-20-12-14-8-10-21(13-14)18(22)17-11-19(17)9-4-6-15-5-2-3-7-16(15)19/h2-3,5,7,14,17,20H,4,6,8-13H2,1H3. The number of rotatable bonds is 3. The number of nitrogens with one attached hydrogen (secondary N) is 1. The summed E-state index contributed by atoms with van der Waals surface area (Å²) >= 11 is 0. The lowest BCUT2D eigenvalue weighted by Crippen LogP contribution is -2.34. The average Bonchev–Trinajstić information content (AvgIpc) is 3.05. The molecular formula is C19H26N2O. The van der Waals surface area contributed by atoms with Crippen molar-refractivity contribution < 1.29 is 4.79 Å². The minimum absolute atomic E-state index is 0.188. The van der Waals surface area contributed by atoms with Crippen molar-refractivity contribution in [2.24, 2.45) is 11.8 Å². The highest BCUT2D eigenvalue weighted by Gasteiger charge is 2.61. The number of carbonyl (C=O) groups excluding carboxylic acids is 1. The van der Waals surface area contributed by atoms with Gasteiger partial charge in [-0.3, -0.25) is 4.79 Å². The number of hydrogen-bond acceptors (Lipinski definition) is 2. The van der Waals surface area contributed by atoms with Crippen LogP contribution in [0.1, 0.15) is 36.8 Å². The molecule has 3 aliphatic rings. The topological polar surface area (TPSA) is 32.3 Å². The molecule has 4 rings (SSSR count). The first-order valence-corrected chi connectivity index (χ1v) is 8.76. The molecule has 1 heterocycles. The van der Waals surface area contributed by atoms with E-state index < -0.39 is 0 Å². The Labute approximate surface area is 133 Å². The predicted molar refractivity (Wildman–Crippen MR) is 87.8 cm³/mol. The van der Waals surface area contributed by atoms with E-state index in [9.17, 15) is 4.79 Å². The van der Waals surface area contributed by atoms with Gasteiger partial charge in [0.2, 0.25) is 5.91 Å². The fourth-order valence-corrected chi connectivity index (χ4v) is 4.86. The molecule has 3 atom stereocenters. The van der Waals surface area contributed by atoms with Crippen LogP contribution >= 0.6 is 0 Å². The quantitative estimate of drug-likeness (QED) is 0.929. The molecule has 22 heavy (non-hydrogen) atoms. The zero-order chi connectivity index (χ0) is 15.2. The van der Waals surface area contributed by atoms with Gasteiger partial charge in [-0.05, 0) is 62.7 Å². The monoisotopic (exact) mass is 298 g/mol. The molecule has 1 amide bonds. The second kappa shape index (κ2) is 5.38. The molecule has 1 spiro atoms. The van der Waals surface area contributed by atoms with Crippen LogP contribution in [0, 0.1) is 11.8 Å². The number of aryl methyl sites for hydroxylation is 1. The van der Waals surface area contributed by atoms with E-state index in [1.54, 1.807) is 0 Å². The van der Waals surface area contributed by atoms with Crippen molar-refractivity contribution in [1.29, 1.82) is 0 Å².